The van der Waals surface area contributed by atoms with Crippen molar-refractivity contribution in [2.24, 2.45) is 5.41 Å². The minimum atomic E-state index is -1.00. The van der Waals surface area contributed by atoms with Gasteiger partial charge < -0.3 is 14.7 Å². The molecule has 1 spiro atoms. The number of ether oxygens (including phenoxy) is 1. The van der Waals surface area contributed by atoms with Crippen molar-refractivity contribution in [2.45, 2.75) is 12.8 Å². The summed E-state index contributed by atoms with van der Waals surface area (Å²) in [5.41, 5.74) is 1.02. The summed E-state index contributed by atoms with van der Waals surface area (Å²) in [5, 5.41) is 10.1. The average molecular weight is 316 g/mol. The SMILES string of the molecule is O=C(O)c1cc(Cl)cc(Cl)c1N1CC2(CCOCC2)C1. The molecule has 2 aliphatic rings. The summed E-state index contributed by atoms with van der Waals surface area (Å²) >= 11 is 12.1. The Morgan fingerprint density at radius 2 is 1.90 bits per heavy atom. The highest BCUT2D eigenvalue weighted by molar-refractivity contribution is 6.37. The van der Waals surface area contributed by atoms with Crippen molar-refractivity contribution < 1.29 is 14.6 Å². The zero-order valence-electron chi connectivity index (χ0n) is 10.9. The molecule has 2 aliphatic heterocycles. The Hall–Kier alpha value is -0.970. The van der Waals surface area contributed by atoms with Gasteiger partial charge in [-0.3, -0.25) is 0 Å². The van der Waals surface area contributed by atoms with E-state index in [4.69, 9.17) is 27.9 Å². The van der Waals surface area contributed by atoms with E-state index in [1.807, 2.05) is 4.90 Å². The minimum absolute atomic E-state index is 0.171. The maximum Gasteiger partial charge on any atom is 0.337 e. The molecule has 0 radical (unpaired) electrons. The summed E-state index contributed by atoms with van der Waals surface area (Å²) in [6, 6.07) is 3.06. The zero-order valence-corrected chi connectivity index (χ0v) is 12.4. The van der Waals surface area contributed by atoms with Crippen molar-refractivity contribution in [3.8, 4) is 0 Å². The number of aromatic carboxylic acids is 1. The van der Waals surface area contributed by atoms with E-state index in [1.54, 1.807) is 6.07 Å². The highest BCUT2D eigenvalue weighted by atomic mass is 35.5. The van der Waals surface area contributed by atoms with Crippen molar-refractivity contribution in [2.75, 3.05) is 31.2 Å². The molecule has 2 heterocycles. The number of rotatable bonds is 2. The van der Waals surface area contributed by atoms with Crippen molar-refractivity contribution >= 4 is 34.9 Å². The lowest BCUT2D eigenvalue weighted by Gasteiger charge is -2.53. The van der Waals surface area contributed by atoms with Gasteiger partial charge >= 0.3 is 5.97 Å². The molecule has 4 nitrogen and oxygen atoms in total. The van der Waals surface area contributed by atoms with Gasteiger partial charge in [-0.25, -0.2) is 4.79 Å². The van der Waals surface area contributed by atoms with E-state index in [2.05, 4.69) is 0 Å². The molecule has 2 saturated heterocycles. The van der Waals surface area contributed by atoms with E-state index >= 15 is 0 Å². The molecule has 0 aromatic heterocycles. The Morgan fingerprint density at radius 3 is 2.50 bits per heavy atom. The summed E-state index contributed by atoms with van der Waals surface area (Å²) < 4.78 is 5.39. The van der Waals surface area contributed by atoms with Crippen LogP contribution >= 0.6 is 23.2 Å². The van der Waals surface area contributed by atoms with Crippen molar-refractivity contribution in [1.29, 1.82) is 0 Å². The molecular formula is C14H15Cl2NO3. The summed E-state index contributed by atoms with van der Waals surface area (Å²) in [6.07, 6.45) is 2.05. The highest BCUT2D eigenvalue weighted by Gasteiger charge is 2.45. The smallest absolute Gasteiger partial charge is 0.337 e. The number of carboxylic acid groups (broad SMARTS) is 1. The third-order valence-corrected chi connectivity index (χ3v) is 4.69. The molecule has 1 aromatic rings. The maximum atomic E-state index is 11.4. The Bertz CT molecular complexity index is 548. The highest BCUT2D eigenvalue weighted by Crippen LogP contribution is 2.45. The van der Waals surface area contributed by atoms with E-state index in [9.17, 15) is 9.90 Å². The standard InChI is InChI=1S/C14H15Cl2NO3/c15-9-5-10(13(18)19)12(11(16)6-9)17-7-14(8-17)1-3-20-4-2-14/h5-6H,1-4,7-8H2,(H,18,19). The Morgan fingerprint density at radius 1 is 1.25 bits per heavy atom. The van der Waals surface area contributed by atoms with Crippen LogP contribution in [-0.4, -0.2) is 37.4 Å². The number of benzene rings is 1. The normalized spacial score (nSPS) is 20.8. The van der Waals surface area contributed by atoms with Crippen LogP contribution < -0.4 is 4.90 Å². The molecule has 0 unspecified atom stereocenters. The van der Waals surface area contributed by atoms with E-state index < -0.39 is 5.97 Å². The van der Waals surface area contributed by atoms with Crippen LogP contribution in [0.4, 0.5) is 5.69 Å². The van der Waals surface area contributed by atoms with Gasteiger partial charge in [0.1, 0.15) is 0 Å². The van der Waals surface area contributed by atoms with Gasteiger partial charge in [-0.05, 0) is 25.0 Å². The first kappa shape index (κ1) is 14.0. The fraction of sp³-hybridized carbons (Fsp3) is 0.500. The van der Waals surface area contributed by atoms with Gasteiger partial charge in [0.25, 0.3) is 0 Å². The van der Waals surface area contributed by atoms with Gasteiger partial charge in [-0.1, -0.05) is 23.2 Å². The number of hydrogen-bond acceptors (Lipinski definition) is 3. The first-order valence-corrected chi connectivity index (χ1v) is 7.31. The Labute approximate surface area is 127 Å². The van der Waals surface area contributed by atoms with Crippen LogP contribution in [0.25, 0.3) is 0 Å². The zero-order chi connectivity index (χ0) is 14.3. The lowest BCUT2D eigenvalue weighted by Crippen LogP contribution is -2.59. The third kappa shape index (κ3) is 2.36. The summed E-state index contributed by atoms with van der Waals surface area (Å²) in [6.45, 7) is 3.23. The monoisotopic (exact) mass is 315 g/mol. The summed E-state index contributed by atoms with van der Waals surface area (Å²) in [7, 11) is 0. The van der Waals surface area contributed by atoms with Crippen LogP contribution in [0.3, 0.4) is 0 Å². The van der Waals surface area contributed by atoms with E-state index in [0.29, 0.717) is 15.7 Å². The predicted molar refractivity (Wildman–Crippen MR) is 78.1 cm³/mol. The molecule has 1 N–H and O–H groups in total. The molecular weight excluding hydrogens is 301 g/mol. The lowest BCUT2D eigenvalue weighted by atomic mass is 9.73. The van der Waals surface area contributed by atoms with Gasteiger partial charge in [0.05, 0.1) is 16.3 Å². The fourth-order valence-electron chi connectivity index (χ4n) is 3.09. The topological polar surface area (TPSA) is 49.8 Å². The number of hydrogen-bond donors (Lipinski definition) is 1. The maximum absolute atomic E-state index is 11.4. The first-order valence-electron chi connectivity index (χ1n) is 6.56. The second kappa shape index (κ2) is 5.10. The molecule has 108 valence electrons. The second-order valence-electron chi connectivity index (χ2n) is 5.56. The number of nitrogens with zero attached hydrogens (tertiary/aromatic N) is 1. The van der Waals surface area contributed by atoms with E-state index in [0.717, 1.165) is 39.1 Å². The molecule has 0 atom stereocenters. The van der Waals surface area contributed by atoms with Crippen molar-refractivity contribution in [3.05, 3.63) is 27.7 Å². The quantitative estimate of drug-likeness (QED) is 0.909. The van der Waals surface area contributed by atoms with Crippen LogP contribution in [0.15, 0.2) is 12.1 Å². The first-order chi connectivity index (χ1) is 9.51. The van der Waals surface area contributed by atoms with E-state index in [1.165, 1.54) is 6.07 Å². The van der Waals surface area contributed by atoms with Gasteiger partial charge in [-0.2, -0.15) is 0 Å². The number of carboxylic acids is 1. The van der Waals surface area contributed by atoms with Gasteiger partial charge in [0, 0.05) is 36.7 Å². The molecule has 0 bridgehead atoms. The Kier molecular flexibility index (Phi) is 3.56. The van der Waals surface area contributed by atoms with Crippen molar-refractivity contribution in [3.63, 3.8) is 0 Å². The fourth-order valence-corrected chi connectivity index (χ4v) is 3.71. The largest absolute Gasteiger partial charge is 0.478 e. The van der Waals surface area contributed by atoms with Gasteiger partial charge in [-0.15, -0.1) is 0 Å². The predicted octanol–water partition coefficient (Wildman–Crippen LogP) is 3.31. The van der Waals surface area contributed by atoms with Crippen LogP contribution in [0.1, 0.15) is 23.2 Å². The number of anilines is 1. The molecule has 0 amide bonds. The van der Waals surface area contributed by atoms with Crippen molar-refractivity contribution in [1.82, 2.24) is 0 Å². The lowest BCUT2D eigenvalue weighted by molar-refractivity contribution is -0.000290. The number of carbonyl (C=O) groups is 1. The minimum Gasteiger partial charge on any atom is -0.478 e. The molecule has 0 aliphatic carbocycles. The van der Waals surface area contributed by atoms with Gasteiger partial charge in [0.15, 0.2) is 0 Å². The summed E-state index contributed by atoms with van der Waals surface area (Å²) in [5.74, 6) is -1.00. The summed E-state index contributed by atoms with van der Waals surface area (Å²) in [4.78, 5) is 13.4. The molecule has 0 saturated carbocycles. The van der Waals surface area contributed by atoms with E-state index in [-0.39, 0.29) is 11.0 Å². The third-order valence-electron chi connectivity index (χ3n) is 4.18. The second-order valence-corrected chi connectivity index (χ2v) is 6.40. The molecule has 3 rings (SSSR count). The average Bonchev–Trinajstić information content (AvgIpc) is 2.36. The number of halogens is 2. The van der Waals surface area contributed by atoms with Crippen LogP contribution in [0, 0.1) is 5.41 Å². The van der Waals surface area contributed by atoms with Gasteiger partial charge in [0.2, 0.25) is 0 Å². The molecule has 6 heteroatoms. The molecule has 2 fully saturated rings. The Balaban J connectivity index is 1.87. The van der Waals surface area contributed by atoms with Crippen LogP contribution in [-0.2, 0) is 4.74 Å². The van der Waals surface area contributed by atoms with Crippen LogP contribution in [0.5, 0.6) is 0 Å². The van der Waals surface area contributed by atoms with Crippen LogP contribution in [0.2, 0.25) is 10.0 Å². The molecule has 1 aromatic carbocycles. The molecule has 20 heavy (non-hydrogen) atoms.